The van der Waals surface area contributed by atoms with E-state index >= 15 is 0 Å². The van der Waals surface area contributed by atoms with Gasteiger partial charge in [0.15, 0.2) is 0 Å². The number of carbonyl (C=O) groups excluding carboxylic acids is 2. The smallest absolute Gasteiger partial charge is 0.407 e. The van der Waals surface area contributed by atoms with E-state index in [9.17, 15) is 9.59 Å². The van der Waals surface area contributed by atoms with Crippen LogP contribution in [0.4, 0.5) is 4.79 Å². The summed E-state index contributed by atoms with van der Waals surface area (Å²) in [4.78, 5) is 30.4. The molecule has 0 bridgehead atoms. The predicted molar refractivity (Wildman–Crippen MR) is 95.7 cm³/mol. The molecule has 1 aliphatic heterocycles. The Hall–Kier alpha value is -2.12. The molecule has 1 heterocycles. The highest BCUT2D eigenvalue weighted by Crippen LogP contribution is 2.26. The Bertz CT molecular complexity index is 561. The lowest BCUT2D eigenvalue weighted by atomic mass is 10.2. The summed E-state index contributed by atoms with van der Waals surface area (Å²) >= 11 is 0. The SMILES string of the molecule is CN(C)C1CCC(N(C)C)N1C(=O)CNC(=O)OCc1ccccc1. The zero-order valence-corrected chi connectivity index (χ0v) is 15.4. The van der Waals surface area contributed by atoms with Gasteiger partial charge in [-0.15, -0.1) is 0 Å². The van der Waals surface area contributed by atoms with Crippen LogP contribution in [0.3, 0.4) is 0 Å². The monoisotopic (exact) mass is 348 g/mol. The molecular weight excluding hydrogens is 320 g/mol. The number of benzene rings is 1. The Labute approximate surface area is 149 Å². The number of likely N-dealkylation sites (tertiary alicyclic amines) is 1. The minimum absolute atomic E-state index is 0.0436. The van der Waals surface area contributed by atoms with Crippen molar-refractivity contribution in [2.24, 2.45) is 0 Å². The van der Waals surface area contributed by atoms with Gasteiger partial charge in [0.25, 0.3) is 0 Å². The fraction of sp³-hybridized carbons (Fsp3) is 0.556. The van der Waals surface area contributed by atoms with Crippen LogP contribution in [0.5, 0.6) is 0 Å². The second kappa shape index (κ2) is 8.82. The van der Waals surface area contributed by atoms with Crippen LogP contribution in [0, 0.1) is 0 Å². The van der Waals surface area contributed by atoms with E-state index in [2.05, 4.69) is 5.32 Å². The van der Waals surface area contributed by atoms with Crippen LogP contribution in [0.1, 0.15) is 18.4 Å². The van der Waals surface area contributed by atoms with Gasteiger partial charge in [0.2, 0.25) is 5.91 Å². The van der Waals surface area contributed by atoms with E-state index < -0.39 is 6.09 Å². The third-order valence-corrected chi connectivity index (χ3v) is 4.40. The van der Waals surface area contributed by atoms with Gasteiger partial charge in [-0.2, -0.15) is 0 Å². The van der Waals surface area contributed by atoms with Crippen molar-refractivity contribution >= 4 is 12.0 Å². The van der Waals surface area contributed by atoms with Crippen LogP contribution in [-0.2, 0) is 16.1 Å². The van der Waals surface area contributed by atoms with Crippen molar-refractivity contribution in [2.75, 3.05) is 34.7 Å². The molecule has 1 aromatic rings. The molecule has 1 aromatic carbocycles. The average Bonchev–Trinajstić information content (AvgIpc) is 3.04. The molecule has 25 heavy (non-hydrogen) atoms. The van der Waals surface area contributed by atoms with Crippen molar-refractivity contribution < 1.29 is 14.3 Å². The number of hydrogen-bond donors (Lipinski definition) is 1. The van der Waals surface area contributed by atoms with Gasteiger partial charge < -0.3 is 15.0 Å². The van der Waals surface area contributed by atoms with Gasteiger partial charge >= 0.3 is 6.09 Å². The fourth-order valence-electron chi connectivity index (χ4n) is 3.13. The topological polar surface area (TPSA) is 65.1 Å². The maximum atomic E-state index is 12.7. The summed E-state index contributed by atoms with van der Waals surface area (Å²) in [6, 6.07) is 9.44. The number of rotatable bonds is 6. The van der Waals surface area contributed by atoms with E-state index in [1.54, 1.807) is 0 Å². The fourth-order valence-corrected chi connectivity index (χ4v) is 3.13. The highest BCUT2D eigenvalue weighted by molar-refractivity contribution is 5.82. The normalized spacial score (nSPS) is 20.2. The molecule has 7 nitrogen and oxygen atoms in total. The van der Waals surface area contributed by atoms with Gasteiger partial charge in [0.05, 0.1) is 12.3 Å². The molecule has 1 aliphatic rings. The molecule has 2 atom stereocenters. The molecule has 1 N–H and O–H groups in total. The molecule has 138 valence electrons. The first-order valence-corrected chi connectivity index (χ1v) is 8.48. The highest BCUT2D eigenvalue weighted by atomic mass is 16.5. The van der Waals surface area contributed by atoms with Crippen molar-refractivity contribution in [1.29, 1.82) is 0 Å². The molecule has 0 spiro atoms. The highest BCUT2D eigenvalue weighted by Gasteiger charge is 2.38. The summed E-state index contributed by atoms with van der Waals surface area (Å²) in [6.45, 7) is 0.119. The molecule has 2 amide bonds. The molecule has 2 unspecified atom stereocenters. The molecule has 1 saturated heterocycles. The quantitative estimate of drug-likeness (QED) is 0.840. The molecule has 7 heteroatoms. The number of ether oxygens (including phenoxy) is 1. The Balaban J connectivity index is 1.85. The Kier molecular flexibility index (Phi) is 6.78. The van der Waals surface area contributed by atoms with E-state index in [0.717, 1.165) is 18.4 Å². The third kappa shape index (κ3) is 5.17. The molecule has 0 aromatic heterocycles. The number of carbonyl (C=O) groups is 2. The number of nitrogens with zero attached hydrogens (tertiary/aromatic N) is 3. The summed E-state index contributed by atoms with van der Waals surface area (Å²) in [5, 5.41) is 2.56. The van der Waals surface area contributed by atoms with Crippen LogP contribution < -0.4 is 5.32 Å². The van der Waals surface area contributed by atoms with Gasteiger partial charge in [-0.05, 0) is 46.6 Å². The molecular formula is C18H28N4O3. The summed E-state index contributed by atoms with van der Waals surface area (Å²) in [5.74, 6) is -0.105. The lowest BCUT2D eigenvalue weighted by Gasteiger charge is -2.36. The standard InChI is InChI=1S/C18H28N4O3/c1-20(2)15-10-11-16(21(3)4)22(15)17(23)12-19-18(24)25-13-14-8-6-5-7-9-14/h5-9,15-16H,10-13H2,1-4H3,(H,19,24). The molecule has 0 aliphatic carbocycles. The Morgan fingerprint density at radius 2 is 1.64 bits per heavy atom. The average molecular weight is 348 g/mol. The Morgan fingerprint density at radius 1 is 1.08 bits per heavy atom. The van der Waals surface area contributed by atoms with Crippen LogP contribution in [0.2, 0.25) is 0 Å². The maximum absolute atomic E-state index is 12.7. The largest absolute Gasteiger partial charge is 0.445 e. The summed E-state index contributed by atoms with van der Waals surface area (Å²) in [6.07, 6.45) is 1.34. The van der Waals surface area contributed by atoms with Crippen molar-refractivity contribution in [2.45, 2.75) is 31.8 Å². The van der Waals surface area contributed by atoms with Gasteiger partial charge in [-0.3, -0.25) is 14.6 Å². The van der Waals surface area contributed by atoms with Crippen LogP contribution in [-0.4, -0.2) is 73.8 Å². The van der Waals surface area contributed by atoms with E-state index in [1.807, 2.05) is 73.2 Å². The van der Waals surface area contributed by atoms with E-state index in [1.165, 1.54) is 0 Å². The van der Waals surface area contributed by atoms with Crippen molar-refractivity contribution in [3.63, 3.8) is 0 Å². The minimum Gasteiger partial charge on any atom is -0.445 e. The van der Waals surface area contributed by atoms with Crippen molar-refractivity contribution in [1.82, 2.24) is 20.0 Å². The van der Waals surface area contributed by atoms with Crippen LogP contribution in [0.25, 0.3) is 0 Å². The third-order valence-electron chi connectivity index (χ3n) is 4.40. The maximum Gasteiger partial charge on any atom is 0.407 e. The van der Waals surface area contributed by atoms with E-state index in [0.29, 0.717) is 0 Å². The Morgan fingerprint density at radius 3 is 2.16 bits per heavy atom. The summed E-state index contributed by atoms with van der Waals surface area (Å²) < 4.78 is 5.15. The zero-order valence-electron chi connectivity index (χ0n) is 15.4. The molecule has 0 saturated carbocycles. The molecule has 0 radical (unpaired) electrons. The van der Waals surface area contributed by atoms with Gasteiger partial charge in [-0.1, -0.05) is 30.3 Å². The predicted octanol–water partition coefficient (Wildman–Crippen LogP) is 1.31. The van der Waals surface area contributed by atoms with Crippen LogP contribution in [0.15, 0.2) is 30.3 Å². The van der Waals surface area contributed by atoms with Crippen LogP contribution >= 0.6 is 0 Å². The molecule has 1 fully saturated rings. The van der Waals surface area contributed by atoms with E-state index in [4.69, 9.17) is 4.74 Å². The summed E-state index contributed by atoms with van der Waals surface area (Å²) in [7, 11) is 7.85. The lowest BCUT2D eigenvalue weighted by molar-refractivity contribution is -0.139. The first-order valence-electron chi connectivity index (χ1n) is 8.48. The number of nitrogens with one attached hydrogen (secondary N) is 1. The van der Waals surface area contributed by atoms with Gasteiger partial charge in [0.1, 0.15) is 13.2 Å². The summed E-state index contributed by atoms with van der Waals surface area (Å²) in [5.41, 5.74) is 0.906. The zero-order chi connectivity index (χ0) is 18.4. The number of alkyl carbamates (subject to hydrolysis) is 1. The first kappa shape index (κ1) is 19.2. The minimum atomic E-state index is -0.584. The van der Waals surface area contributed by atoms with Crippen molar-refractivity contribution in [3.05, 3.63) is 35.9 Å². The van der Waals surface area contributed by atoms with E-state index in [-0.39, 0.29) is 31.4 Å². The van der Waals surface area contributed by atoms with Gasteiger partial charge in [-0.25, -0.2) is 4.79 Å². The molecule has 2 rings (SSSR count). The van der Waals surface area contributed by atoms with Gasteiger partial charge in [0, 0.05) is 0 Å². The first-order chi connectivity index (χ1) is 11.9. The lowest BCUT2D eigenvalue weighted by Crippen LogP contribution is -2.54. The number of hydrogen-bond acceptors (Lipinski definition) is 5. The number of amides is 2. The second-order valence-corrected chi connectivity index (χ2v) is 6.68. The second-order valence-electron chi connectivity index (χ2n) is 6.68. The van der Waals surface area contributed by atoms with Crippen molar-refractivity contribution in [3.8, 4) is 0 Å².